The molecule has 144 valence electrons. The number of pyridine rings is 3. The van der Waals surface area contributed by atoms with Crippen LogP contribution < -0.4 is 15.8 Å². The van der Waals surface area contributed by atoms with E-state index in [-0.39, 0.29) is 23.1 Å². The van der Waals surface area contributed by atoms with Gasteiger partial charge in [0.1, 0.15) is 11.5 Å². The minimum Gasteiger partial charge on any atom is -0.393 e. The fraction of sp³-hybridized carbons (Fsp3) is 0.300. The molecule has 0 atom stereocenters. The van der Waals surface area contributed by atoms with Gasteiger partial charge in [0.25, 0.3) is 5.56 Å². The van der Waals surface area contributed by atoms with Crippen molar-refractivity contribution in [2.75, 3.05) is 23.3 Å². The lowest BCUT2D eigenvalue weighted by molar-refractivity contribution is 0.101. The third kappa shape index (κ3) is 3.59. The maximum Gasteiger partial charge on any atom is 0.259 e. The number of ketones is 1. The molecular formula is C20H21N5O3. The number of nitrogens with zero attached hydrogens (tertiary/aromatic N) is 3. The zero-order valence-electron chi connectivity index (χ0n) is 15.5. The Kier molecular flexibility index (Phi) is 4.79. The molecule has 8 nitrogen and oxygen atoms in total. The average molecular weight is 379 g/mol. The van der Waals surface area contributed by atoms with Gasteiger partial charge in [-0.3, -0.25) is 9.59 Å². The van der Waals surface area contributed by atoms with E-state index in [0.717, 1.165) is 31.6 Å². The molecule has 0 aliphatic carbocycles. The first-order valence-corrected chi connectivity index (χ1v) is 9.21. The minimum absolute atomic E-state index is 0.180. The summed E-state index contributed by atoms with van der Waals surface area (Å²) in [6.45, 7) is 3.03. The molecule has 1 aliphatic heterocycles. The van der Waals surface area contributed by atoms with Gasteiger partial charge in [-0.25, -0.2) is 9.97 Å². The lowest BCUT2D eigenvalue weighted by atomic mass is 10.1. The third-order valence-corrected chi connectivity index (χ3v) is 4.93. The lowest BCUT2D eigenvalue weighted by Crippen LogP contribution is -2.35. The maximum absolute atomic E-state index is 12.3. The number of aliphatic hydroxyl groups is 1. The quantitative estimate of drug-likeness (QED) is 0.596. The average Bonchev–Trinajstić information content (AvgIpc) is 2.69. The van der Waals surface area contributed by atoms with Crippen LogP contribution in [0.5, 0.6) is 0 Å². The van der Waals surface area contributed by atoms with Crippen molar-refractivity contribution in [2.45, 2.75) is 25.9 Å². The largest absolute Gasteiger partial charge is 0.393 e. The van der Waals surface area contributed by atoms with E-state index < -0.39 is 0 Å². The molecule has 0 saturated carbocycles. The second kappa shape index (κ2) is 7.40. The van der Waals surface area contributed by atoms with Crippen LogP contribution in [0.2, 0.25) is 0 Å². The Morgan fingerprint density at radius 3 is 2.75 bits per heavy atom. The van der Waals surface area contributed by atoms with Crippen molar-refractivity contribution in [3.63, 3.8) is 0 Å². The number of rotatable bonds is 4. The van der Waals surface area contributed by atoms with Gasteiger partial charge in [-0.1, -0.05) is 0 Å². The number of fused-ring (bicyclic) bond motifs is 1. The number of aliphatic hydroxyl groups excluding tert-OH is 1. The van der Waals surface area contributed by atoms with Crippen LogP contribution in [0.4, 0.5) is 17.2 Å². The molecule has 0 radical (unpaired) electrons. The Morgan fingerprint density at radius 2 is 2.07 bits per heavy atom. The molecule has 3 aromatic heterocycles. The summed E-state index contributed by atoms with van der Waals surface area (Å²) in [6, 6.07) is 7.01. The molecule has 0 aromatic carbocycles. The molecule has 1 aliphatic rings. The van der Waals surface area contributed by atoms with Crippen molar-refractivity contribution in [3.05, 3.63) is 52.7 Å². The first-order chi connectivity index (χ1) is 13.5. The summed E-state index contributed by atoms with van der Waals surface area (Å²) in [5.74, 6) is 0.381. The number of Topliss-reactive ketones (excluding diaryl/α,β-unsaturated/α-hetero) is 1. The zero-order chi connectivity index (χ0) is 19.7. The van der Waals surface area contributed by atoms with Crippen LogP contribution in [-0.2, 0) is 0 Å². The summed E-state index contributed by atoms with van der Waals surface area (Å²) >= 11 is 0. The number of nitrogens with one attached hydrogen (secondary N) is 2. The van der Waals surface area contributed by atoms with Gasteiger partial charge in [0.15, 0.2) is 5.78 Å². The van der Waals surface area contributed by atoms with Crippen molar-refractivity contribution in [1.82, 2.24) is 15.0 Å². The Labute approximate surface area is 161 Å². The van der Waals surface area contributed by atoms with Gasteiger partial charge in [0, 0.05) is 26.2 Å². The van der Waals surface area contributed by atoms with Gasteiger partial charge in [-0.05, 0) is 37.1 Å². The number of anilines is 3. The van der Waals surface area contributed by atoms with Crippen molar-refractivity contribution in [3.8, 4) is 0 Å². The second-order valence-corrected chi connectivity index (χ2v) is 6.92. The van der Waals surface area contributed by atoms with Crippen molar-refractivity contribution >= 4 is 33.9 Å². The number of hydrogen-bond donors (Lipinski definition) is 3. The Balaban J connectivity index is 1.64. The summed E-state index contributed by atoms with van der Waals surface area (Å²) in [5, 5.41) is 13.2. The number of aromatic nitrogens is 3. The fourth-order valence-electron chi connectivity index (χ4n) is 3.38. The number of H-pyrrole nitrogens is 1. The molecule has 4 heterocycles. The molecule has 8 heteroatoms. The monoisotopic (exact) mass is 379 g/mol. The number of carbonyl (C=O) groups excluding carboxylic acids is 1. The highest BCUT2D eigenvalue weighted by Gasteiger charge is 2.17. The molecule has 28 heavy (non-hydrogen) atoms. The Morgan fingerprint density at radius 1 is 1.29 bits per heavy atom. The van der Waals surface area contributed by atoms with E-state index in [1.807, 2.05) is 12.1 Å². The molecule has 3 aromatic rings. The zero-order valence-corrected chi connectivity index (χ0v) is 15.5. The van der Waals surface area contributed by atoms with Crippen LogP contribution >= 0.6 is 0 Å². The predicted molar refractivity (Wildman–Crippen MR) is 107 cm³/mol. The van der Waals surface area contributed by atoms with E-state index >= 15 is 0 Å². The van der Waals surface area contributed by atoms with E-state index in [2.05, 4.69) is 25.2 Å². The highest BCUT2D eigenvalue weighted by Crippen LogP contribution is 2.25. The van der Waals surface area contributed by atoms with Crippen LogP contribution in [0.1, 0.15) is 30.3 Å². The second-order valence-electron chi connectivity index (χ2n) is 6.92. The molecule has 0 amide bonds. The van der Waals surface area contributed by atoms with E-state index in [1.165, 1.54) is 13.1 Å². The SMILES string of the molecule is CC(=O)c1cc(Nc2ccc(N3CCC(O)CC3)cn2)c2c(=O)[nH]ccc2n1. The van der Waals surface area contributed by atoms with Crippen LogP contribution in [0.25, 0.3) is 10.9 Å². The van der Waals surface area contributed by atoms with Gasteiger partial charge in [-0.15, -0.1) is 0 Å². The highest BCUT2D eigenvalue weighted by molar-refractivity contribution is 6.00. The minimum atomic E-state index is -0.286. The number of carbonyl (C=O) groups is 1. The lowest BCUT2D eigenvalue weighted by Gasteiger charge is -2.31. The summed E-state index contributed by atoms with van der Waals surface area (Å²) in [5.41, 5.74) is 1.91. The normalized spacial score (nSPS) is 15.0. The fourth-order valence-corrected chi connectivity index (χ4v) is 3.38. The Hall–Kier alpha value is -3.26. The topological polar surface area (TPSA) is 111 Å². The van der Waals surface area contributed by atoms with Gasteiger partial charge < -0.3 is 20.3 Å². The summed E-state index contributed by atoms with van der Waals surface area (Å²) < 4.78 is 0. The van der Waals surface area contributed by atoms with E-state index in [1.54, 1.807) is 18.3 Å². The standard InChI is InChI=1S/C20H21N5O3/c1-12(26)16-10-17(19-15(23-16)4-7-21-20(19)28)24-18-3-2-13(11-22-18)25-8-5-14(27)6-9-25/h2-4,7,10-11,14,27H,5-6,8-9H2,1H3,(H,21,28)(H,22,23,24). The van der Waals surface area contributed by atoms with E-state index in [4.69, 9.17) is 0 Å². The predicted octanol–water partition coefficient (Wildman–Crippen LogP) is 2.23. The third-order valence-electron chi connectivity index (χ3n) is 4.93. The van der Waals surface area contributed by atoms with Gasteiger partial charge in [0.2, 0.25) is 0 Å². The molecule has 4 rings (SSSR count). The van der Waals surface area contributed by atoms with Gasteiger partial charge in [0.05, 0.1) is 34.6 Å². The molecule has 1 fully saturated rings. The van der Waals surface area contributed by atoms with Crippen LogP contribution in [0.15, 0.2) is 41.5 Å². The number of hydrogen-bond acceptors (Lipinski definition) is 7. The van der Waals surface area contributed by atoms with Crippen LogP contribution in [-0.4, -0.2) is 45.0 Å². The molecule has 1 saturated heterocycles. The van der Waals surface area contributed by atoms with Gasteiger partial charge in [-0.2, -0.15) is 0 Å². The van der Waals surface area contributed by atoms with Crippen molar-refractivity contribution in [2.24, 2.45) is 0 Å². The van der Waals surface area contributed by atoms with E-state index in [0.29, 0.717) is 22.4 Å². The Bertz CT molecular complexity index is 1070. The first kappa shape index (κ1) is 18.1. The van der Waals surface area contributed by atoms with Gasteiger partial charge >= 0.3 is 0 Å². The first-order valence-electron chi connectivity index (χ1n) is 9.21. The molecular weight excluding hydrogens is 358 g/mol. The molecule has 0 unspecified atom stereocenters. The number of piperidine rings is 1. The summed E-state index contributed by atoms with van der Waals surface area (Å²) in [7, 11) is 0. The smallest absolute Gasteiger partial charge is 0.259 e. The maximum atomic E-state index is 12.3. The molecule has 3 N–H and O–H groups in total. The highest BCUT2D eigenvalue weighted by atomic mass is 16.3. The summed E-state index contributed by atoms with van der Waals surface area (Å²) in [4.78, 5) is 37.6. The van der Waals surface area contributed by atoms with E-state index in [9.17, 15) is 14.7 Å². The van der Waals surface area contributed by atoms with Crippen molar-refractivity contribution < 1.29 is 9.90 Å². The van der Waals surface area contributed by atoms with Crippen LogP contribution in [0.3, 0.4) is 0 Å². The van der Waals surface area contributed by atoms with Crippen LogP contribution in [0, 0.1) is 0 Å². The molecule has 0 spiro atoms. The summed E-state index contributed by atoms with van der Waals surface area (Å²) in [6.07, 6.45) is 4.55. The molecule has 0 bridgehead atoms. The number of aromatic amines is 1. The van der Waals surface area contributed by atoms with Crippen molar-refractivity contribution in [1.29, 1.82) is 0 Å².